The second-order valence-corrected chi connectivity index (χ2v) is 8.15. The lowest BCUT2D eigenvalue weighted by molar-refractivity contribution is 0.0950. The van der Waals surface area contributed by atoms with E-state index in [1.807, 2.05) is 13.0 Å². The first-order valence-electron chi connectivity index (χ1n) is 10.2. The van der Waals surface area contributed by atoms with Crippen molar-refractivity contribution in [2.75, 3.05) is 26.2 Å². The third-order valence-corrected chi connectivity index (χ3v) is 5.89. The highest BCUT2D eigenvalue weighted by Crippen LogP contribution is 2.24. The lowest BCUT2D eigenvalue weighted by Gasteiger charge is -2.30. The van der Waals surface area contributed by atoms with E-state index in [1.54, 1.807) is 0 Å². The molecule has 0 aliphatic carbocycles. The third kappa shape index (κ3) is 5.01. The van der Waals surface area contributed by atoms with Crippen LogP contribution < -0.4 is 5.32 Å². The van der Waals surface area contributed by atoms with Crippen molar-refractivity contribution in [3.05, 3.63) is 46.6 Å². The summed E-state index contributed by atoms with van der Waals surface area (Å²) < 4.78 is 0. The molecule has 2 heterocycles. The van der Waals surface area contributed by atoms with Crippen molar-refractivity contribution in [1.82, 2.24) is 15.2 Å². The molecule has 1 amide bonds. The van der Waals surface area contributed by atoms with E-state index in [4.69, 9.17) is 0 Å². The van der Waals surface area contributed by atoms with E-state index in [9.17, 15) is 4.79 Å². The van der Waals surface area contributed by atoms with Gasteiger partial charge in [-0.25, -0.2) is 0 Å². The van der Waals surface area contributed by atoms with Crippen molar-refractivity contribution in [1.29, 1.82) is 0 Å². The highest BCUT2D eigenvalue weighted by Gasteiger charge is 2.16. The molecule has 1 aliphatic heterocycles. The number of hydrogen-bond acceptors (Lipinski definition) is 2. The number of aromatic nitrogens is 1. The molecule has 146 valence electrons. The maximum Gasteiger partial charge on any atom is 0.253 e. The normalized spacial score (nSPS) is 15.9. The van der Waals surface area contributed by atoms with Crippen LogP contribution in [0.3, 0.4) is 0 Å². The molecule has 4 heteroatoms. The first kappa shape index (κ1) is 19.7. The summed E-state index contributed by atoms with van der Waals surface area (Å²) in [7, 11) is 0. The monoisotopic (exact) mass is 367 g/mol. The minimum absolute atomic E-state index is 0.0195. The Labute approximate surface area is 163 Å². The average Bonchev–Trinajstić information content (AvgIpc) is 3.04. The molecule has 0 saturated carbocycles. The second kappa shape index (κ2) is 8.75. The predicted molar refractivity (Wildman–Crippen MR) is 112 cm³/mol. The van der Waals surface area contributed by atoms with Gasteiger partial charge in [-0.05, 0) is 94.4 Å². The Balaban J connectivity index is 1.52. The van der Waals surface area contributed by atoms with Gasteiger partial charge in [-0.2, -0.15) is 0 Å². The van der Waals surface area contributed by atoms with Crippen LogP contribution in [0.4, 0.5) is 0 Å². The van der Waals surface area contributed by atoms with Crippen LogP contribution in [0.2, 0.25) is 0 Å². The van der Waals surface area contributed by atoms with Crippen LogP contribution in [0.1, 0.15) is 53.4 Å². The first-order chi connectivity index (χ1) is 12.9. The van der Waals surface area contributed by atoms with Crippen LogP contribution in [0.15, 0.2) is 24.3 Å². The largest absolute Gasteiger partial charge is 0.358 e. The molecule has 1 saturated heterocycles. The number of nitrogens with one attached hydrogen (secondary N) is 2. The van der Waals surface area contributed by atoms with Crippen molar-refractivity contribution in [2.24, 2.45) is 5.92 Å². The van der Waals surface area contributed by atoms with Crippen molar-refractivity contribution in [3.8, 4) is 11.3 Å². The number of carbonyl (C=O) groups excluding carboxylic acids is 1. The summed E-state index contributed by atoms with van der Waals surface area (Å²) in [6.07, 6.45) is 3.61. The summed E-state index contributed by atoms with van der Waals surface area (Å²) >= 11 is 0. The van der Waals surface area contributed by atoms with Crippen LogP contribution in [-0.2, 0) is 0 Å². The SMILES string of the molecule is Cc1ccc(-c2cc(C(=O)NCCCN3CCC(C)CC3)c(C)[nH]2)cc1C. The second-order valence-electron chi connectivity index (χ2n) is 8.15. The molecule has 2 aromatic rings. The summed E-state index contributed by atoms with van der Waals surface area (Å²) in [5.41, 5.74) is 6.34. The van der Waals surface area contributed by atoms with Crippen LogP contribution in [0.5, 0.6) is 0 Å². The summed E-state index contributed by atoms with van der Waals surface area (Å²) in [5.74, 6) is 0.884. The lowest BCUT2D eigenvalue weighted by atomic mass is 9.99. The van der Waals surface area contributed by atoms with E-state index in [0.717, 1.165) is 47.9 Å². The third-order valence-electron chi connectivity index (χ3n) is 5.89. The van der Waals surface area contributed by atoms with E-state index in [2.05, 4.69) is 54.2 Å². The van der Waals surface area contributed by atoms with Crippen molar-refractivity contribution >= 4 is 5.91 Å². The van der Waals surface area contributed by atoms with Crippen molar-refractivity contribution in [2.45, 2.75) is 47.0 Å². The molecular formula is C23H33N3O. The highest BCUT2D eigenvalue weighted by molar-refractivity contribution is 5.96. The van der Waals surface area contributed by atoms with Gasteiger partial charge in [0.1, 0.15) is 0 Å². The number of likely N-dealkylation sites (tertiary alicyclic amines) is 1. The van der Waals surface area contributed by atoms with Gasteiger partial charge in [0.05, 0.1) is 5.56 Å². The molecule has 1 fully saturated rings. The van der Waals surface area contributed by atoms with Gasteiger partial charge in [0.2, 0.25) is 0 Å². The fourth-order valence-electron chi connectivity index (χ4n) is 3.74. The number of rotatable bonds is 6. The minimum Gasteiger partial charge on any atom is -0.358 e. The zero-order valence-electron chi connectivity index (χ0n) is 17.2. The van der Waals surface area contributed by atoms with Crippen LogP contribution >= 0.6 is 0 Å². The van der Waals surface area contributed by atoms with Gasteiger partial charge in [-0.1, -0.05) is 19.1 Å². The molecule has 2 N–H and O–H groups in total. The Hall–Kier alpha value is -2.07. The van der Waals surface area contributed by atoms with E-state index in [1.165, 1.54) is 37.1 Å². The number of benzene rings is 1. The van der Waals surface area contributed by atoms with Crippen LogP contribution in [0, 0.1) is 26.7 Å². The van der Waals surface area contributed by atoms with Gasteiger partial charge >= 0.3 is 0 Å². The molecule has 0 unspecified atom stereocenters. The molecule has 0 spiro atoms. The molecule has 4 nitrogen and oxygen atoms in total. The van der Waals surface area contributed by atoms with Gasteiger partial charge < -0.3 is 15.2 Å². The van der Waals surface area contributed by atoms with Gasteiger partial charge in [0.25, 0.3) is 5.91 Å². The Kier molecular flexibility index (Phi) is 6.38. The fourth-order valence-corrected chi connectivity index (χ4v) is 3.74. The van der Waals surface area contributed by atoms with Gasteiger partial charge in [0.15, 0.2) is 0 Å². The standard InChI is InChI=1S/C23H33N3O/c1-16-8-12-26(13-9-16)11-5-10-24-23(27)21-15-22(25-19(21)4)20-7-6-17(2)18(3)14-20/h6-7,14-16,25H,5,8-13H2,1-4H3,(H,24,27). The van der Waals surface area contributed by atoms with Crippen molar-refractivity contribution < 1.29 is 4.79 Å². The summed E-state index contributed by atoms with van der Waals surface area (Å²) in [4.78, 5) is 18.5. The summed E-state index contributed by atoms with van der Waals surface area (Å²) in [5, 5.41) is 3.09. The molecule has 1 aromatic heterocycles. The van der Waals surface area contributed by atoms with Gasteiger partial charge in [0, 0.05) is 17.9 Å². The molecule has 1 aromatic carbocycles. The number of aryl methyl sites for hydroxylation is 3. The number of amides is 1. The number of aromatic amines is 1. The van der Waals surface area contributed by atoms with Crippen LogP contribution in [0.25, 0.3) is 11.3 Å². The maximum atomic E-state index is 12.6. The molecule has 3 rings (SSSR count). The Morgan fingerprint density at radius 3 is 2.59 bits per heavy atom. The van der Waals surface area contributed by atoms with Gasteiger partial charge in [-0.15, -0.1) is 0 Å². The molecule has 1 aliphatic rings. The van der Waals surface area contributed by atoms with E-state index < -0.39 is 0 Å². The molecule has 0 bridgehead atoms. The molecular weight excluding hydrogens is 334 g/mol. The molecule has 27 heavy (non-hydrogen) atoms. The Bertz CT molecular complexity index is 785. The zero-order valence-corrected chi connectivity index (χ0v) is 17.2. The maximum absolute atomic E-state index is 12.6. The van der Waals surface area contributed by atoms with E-state index >= 15 is 0 Å². The zero-order chi connectivity index (χ0) is 19.4. The van der Waals surface area contributed by atoms with E-state index in [0.29, 0.717) is 0 Å². The van der Waals surface area contributed by atoms with Gasteiger partial charge in [-0.3, -0.25) is 4.79 Å². The number of carbonyl (C=O) groups is 1. The fraction of sp³-hybridized carbons (Fsp3) is 0.522. The number of H-pyrrole nitrogens is 1. The Morgan fingerprint density at radius 2 is 1.89 bits per heavy atom. The summed E-state index contributed by atoms with van der Waals surface area (Å²) in [6, 6.07) is 8.37. The molecule has 0 radical (unpaired) electrons. The lowest BCUT2D eigenvalue weighted by Crippen LogP contribution is -2.35. The smallest absolute Gasteiger partial charge is 0.253 e. The Morgan fingerprint density at radius 1 is 1.15 bits per heavy atom. The predicted octanol–water partition coefficient (Wildman–Crippen LogP) is 4.46. The number of hydrogen-bond donors (Lipinski definition) is 2. The van der Waals surface area contributed by atoms with Crippen LogP contribution in [-0.4, -0.2) is 42.0 Å². The molecule has 0 atom stereocenters. The van der Waals surface area contributed by atoms with Crippen molar-refractivity contribution in [3.63, 3.8) is 0 Å². The number of piperidine rings is 1. The minimum atomic E-state index is 0.0195. The highest BCUT2D eigenvalue weighted by atomic mass is 16.1. The quantitative estimate of drug-likeness (QED) is 0.741. The summed E-state index contributed by atoms with van der Waals surface area (Å²) in [6.45, 7) is 12.7. The average molecular weight is 368 g/mol. The first-order valence-corrected chi connectivity index (χ1v) is 10.2. The van der Waals surface area contributed by atoms with E-state index in [-0.39, 0.29) is 5.91 Å². The topological polar surface area (TPSA) is 48.1 Å². The number of nitrogens with zero attached hydrogens (tertiary/aromatic N) is 1.